The molecule has 0 heterocycles. The second-order valence-corrected chi connectivity index (χ2v) is 1.69. The zero-order valence-corrected chi connectivity index (χ0v) is 4.10. The van der Waals surface area contributed by atoms with E-state index in [1.165, 1.54) is 0 Å². The highest BCUT2D eigenvalue weighted by Gasteiger charge is 1.99. The van der Waals surface area contributed by atoms with Gasteiger partial charge < -0.3 is 5.11 Å². The van der Waals surface area contributed by atoms with E-state index in [0.717, 1.165) is 0 Å². The van der Waals surface area contributed by atoms with Crippen molar-refractivity contribution in [3.63, 3.8) is 0 Å². The predicted octanol–water partition coefficient (Wildman–Crippen LogP) is 0.244. The molecule has 0 bridgehead atoms. The van der Waals surface area contributed by atoms with Crippen molar-refractivity contribution in [2.75, 3.05) is 0 Å². The Labute approximate surface area is 38.0 Å². The summed E-state index contributed by atoms with van der Waals surface area (Å²) in [5.74, 6) is 0.0741. The van der Waals surface area contributed by atoms with E-state index in [1.54, 1.807) is 13.8 Å². The van der Waals surface area contributed by atoms with Crippen LogP contribution in [0.3, 0.4) is 0 Å². The summed E-state index contributed by atoms with van der Waals surface area (Å²) in [6.07, 6.45) is -0.898. The van der Waals surface area contributed by atoms with Crippen LogP contribution in [0.1, 0.15) is 13.8 Å². The van der Waals surface area contributed by atoms with Crippen LogP contribution in [-0.2, 0) is 0 Å². The fourth-order valence-corrected chi connectivity index (χ4v) is 0. The van der Waals surface area contributed by atoms with E-state index in [0.29, 0.717) is 0 Å². The average Bonchev–Trinajstić information content (AvgIpc) is 1.36. The van der Waals surface area contributed by atoms with E-state index >= 15 is 0 Å². The van der Waals surface area contributed by atoms with Crippen molar-refractivity contribution in [3.8, 4) is 0 Å². The van der Waals surface area contributed by atoms with Crippen LogP contribution in [0.15, 0.2) is 0 Å². The van der Waals surface area contributed by atoms with Gasteiger partial charge in [-0.05, 0) is 5.92 Å². The topological polar surface area (TPSA) is 44.0 Å². The number of aliphatic hydroxyl groups excluding tert-OH is 1. The summed E-state index contributed by atoms with van der Waals surface area (Å²) in [6, 6.07) is 0. The van der Waals surface area contributed by atoms with Crippen LogP contribution in [0.2, 0.25) is 0 Å². The highest BCUT2D eigenvalue weighted by Crippen LogP contribution is 1.92. The Bertz CT molecular complexity index is 28.5. The van der Waals surface area contributed by atoms with Crippen molar-refractivity contribution in [3.05, 3.63) is 0 Å². The number of aliphatic hydroxyl groups is 1. The Morgan fingerprint density at radius 2 is 1.67 bits per heavy atom. The van der Waals surface area contributed by atoms with E-state index in [2.05, 4.69) is 0 Å². The third-order valence-corrected chi connectivity index (χ3v) is 0.631. The van der Waals surface area contributed by atoms with Crippen LogP contribution in [-0.4, -0.2) is 11.3 Å². The fraction of sp³-hybridized carbons (Fsp3) is 1.00. The Hall–Kier alpha value is -0.0800. The van der Waals surface area contributed by atoms with Gasteiger partial charge in [-0.2, -0.15) is 0 Å². The van der Waals surface area contributed by atoms with Crippen LogP contribution in [0.5, 0.6) is 0 Å². The predicted molar refractivity (Wildman–Crippen MR) is 23.9 cm³/mol. The monoisotopic (exact) mass is 88.1 g/mol. The molecule has 0 saturated heterocycles. The van der Waals surface area contributed by atoms with Gasteiger partial charge >= 0.3 is 0 Å². The maximum atomic E-state index is 8.30. The number of rotatable bonds is 1. The molecule has 0 spiro atoms. The third-order valence-electron chi connectivity index (χ3n) is 0.631. The van der Waals surface area contributed by atoms with E-state index in [9.17, 15) is 0 Å². The first kappa shape index (κ1) is 5.92. The largest absolute Gasteiger partial charge is 0.377 e. The van der Waals surface area contributed by atoms with Crippen molar-refractivity contribution in [1.82, 2.24) is 5.73 Å². The molecule has 0 aliphatic rings. The third kappa shape index (κ3) is 2.18. The fourth-order valence-electron chi connectivity index (χ4n) is 0. The zero-order valence-electron chi connectivity index (χ0n) is 4.10. The minimum atomic E-state index is -0.898. The molecule has 0 amide bonds. The Balaban J connectivity index is 2.99. The first-order valence-electron chi connectivity index (χ1n) is 2.03. The molecule has 0 aromatic heterocycles. The Morgan fingerprint density at radius 1 is 1.50 bits per heavy atom. The molecule has 0 fully saturated rings. The molecule has 0 aliphatic heterocycles. The molecule has 2 nitrogen and oxygen atoms in total. The molecule has 6 heavy (non-hydrogen) atoms. The van der Waals surface area contributed by atoms with E-state index in [-0.39, 0.29) is 5.92 Å². The first-order valence-corrected chi connectivity index (χ1v) is 2.03. The van der Waals surface area contributed by atoms with Crippen LogP contribution in [0.4, 0.5) is 0 Å². The first-order chi connectivity index (χ1) is 2.64. The lowest BCUT2D eigenvalue weighted by atomic mass is 10.2. The van der Waals surface area contributed by atoms with E-state index in [1.807, 2.05) is 0 Å². The maximum absolute atomic E-state index is 8.30. The summed E-state index contributed by atoms with van der Waals surface area (Å²) in [4.78, 5) is 0. The van der Waals surface area contributed by atoms with Crippen molar-refractivity contribution in [2.45, 2.75) is 20.1 Å². The number of nitrogens with one attached hydrogen (secondary N) is 1. The van der Waals surface area contributed by atoms with Crippen LogP contribution in [0.25, 0.3) is 0 Å². The van der Waals surface area contributed by atoms with Gasteiger partial charge in [0, 0.05) is 0 Å². The van der Waals surface area contributed by atoms with E-state index < -0.39 is 6.23 Å². The standard InChI is InChI=1S/C4H10NO/c1-3(2)4(5)6/h3-6H,1-2H3. The minimum absolute atomic E-state index is 0.0741. The lowest BCUT2D eigenvalue weighted by Gasteiger charge is -2.03. The highest BCUT2D eigenvalue weighted by molar-refractivity contribution is 4.45. The van der Waals surface area contributed by atoms with Crippen LogP contribution in [0, 0.1) is 5.92 Å². The van der Waals surface area contributed by atoms with Crippen LogP contribution < -0.4 is 5.73 Å². The summed E-state index contributed by atoms with van der Waals surface area (Å²) in [6.45, 7) is 3.61. The molecular formula is C4H10NO. The Morgan fingerprint density at radius 3 is 1.67 bits per heavy atom. The molecule has 0 aromatic carbocycles. The second-order valence-electron chi connectivity index (χ2n) is 1.69. The summed E-state index contributed by atoms with van der Waals surface area (Å²) in [7, 11) is 0. The smallest absolute Gasteiger partial charge is 0.119 e. The van der Waals surface area contributed by atoms with Crippen molar-refractivity contribution in [1.29, 1.82) is 0 Å². The Kier molecular flexibility index (Phi) is 2.13. The van der Waals surface area contributed by atoms with Gasteiger partial charge in [-0.1, -0.05) is 13.8 Å². The molecule has 0 aromatic rings. The van der Waals surface area contributed by atoms with Gasteiger partial charge in [0.25, 0.3) is 0 Å². The van der Waals surface area contributed by atoms with Crippen LogP contribution >= 0.6 is 0 Å². The summed E-state index contributed by atoms with van der Waals surface area (Å²) in [5.41, 5.74) is 6.59. The summed E-state index contributed by atoms with van der Waals surface area (Å²) < 4.78 is 0. The van der Waals surface area contributed by atoms with Gasteiger partial charge in [0.05, 0.1) is 0 Å². The molecule has 37 valence electrons. The lowest BCUT2D eigenvalue weighted by molar-refractivity contribution is 0.125. The van der Waals surface area contributed by atoms with Gasteiger partial charge in [0.1, 0.15) is 6.23 Å². The minimum Gasteiger partial charge on any atom is -0.377 e. The highest BCUT2D eigenvalue weighted by atomic mass is 16.3. The van der Waals surface area contributed by atoms with E-state index in [4.69, 9.17) is 10.8 Å². The quantitative estimate of drug-likeness (QED) is 0.490. The molecule has 1 unspecified atom stereocenters. The molecule has 1 atom stereocenters. The molecule has 2 N–H and O–H groups in total. The van der Waals surface area contributed by atoms with Gasteiger partial charge in [0.2, 0.25) is 0 Å². The molecule has 2 heteroatoms. The zero-order chi connectivity index (χ0) is 5.15. The molecule has 0 rings (SSSR count). The number of hydrogen-bond donors (Lipinski definition) is 1. The summed E-state index contributed by atoms with van der Waals surface area (Å²) >= 11 is 0. The van der Waals surface area contributed by atoms with Gasteiger partial charge in [-0.15, -0.1) is 0 Å². The average molecular weight is 88.1 g/mol. The van der Waals surface area contributed by atoms with Gasteiger partial charge in [0.15, 0.2) is 0 Å². The summed E-state index contributed by atoms with van der Waals surface area (Å²) in [5, 5.41) is 8.30. The molecule has 1 radical (unpaired) electrons. The van der Waals surface area contributed by atoms with Gasteiger partial charge in [-0.3, -0.25) is 0 Å². The normalized spacial score (nSPS) is 15.5. The van der Waals surface area contributed by atoms with Crippen molar-refractivity contribution < 1.29 is 5.11 Å². The van der Waals surface area contributed by atoms with Crippen molar-refractivity contribution in [2.24, 2.45) is 5.92 Å². The second kappa shape index (κ2) is 2.16. The van der Waals surface area contributed by atoms with Crippen molar-refractivity contribution >= 4 is 0 Å². The SMILES string of the molecule is CC(C)C([NH])O. The molecule has 0 saturated carbocycles. The molecule has 0 aliphatic carbocycles. The molecular weight excluding hydrogens is 78.0 g/mol. The van der Waals surface area contributed by atoms with Gasteiger partial charge in [-0.25, -0.2) is 5.73 Å². The maximum Gasteiger partial charge on any atom is 0.119 e. The number of hydrogen-bond acceptors (Lipinski definition) is 1. The lowest BCUT2D eigenvalue weighted by Crippen LogP contribution is -2.14.